The molecule has 1 atom stereocenters. The van der Waals surface area contributed by atoms with E-state index in [1.165, 1.54) is 18.4 Å². The van der Waals surface area contributed by atoms with Crippen LogP contribution in [0.2, 0.25) is 0 Å². The molecule has 0 radical (unpaired) electrons. The average molecular weight is 234 g/mol. The van der Waals surface area contributed by atoms with Gasteiger partial charge in [-0.1, -0.05) is 44.2 Å². The predicted octanol–water partition coefficient (Wildman–Crippen LogP) is 3.20. The third kappa shape index (κ3) is 4.49. The van der Waals surface area contributed by atoms with Crippen molar-refractivity contribution in [2.75, 3.05) is 13.6 Å². The Hall–Kier alpha value is -0.860. The summed E-state index contributed by atoms with van der Waals surface area (Å²) in [6.07, 6.45) is 3.46. The molecule has 0 aliphatic carbocycles. The van der Waals surface area contributed by atoms with E-state index < -0.39 is 0 Å². The van der Waals surface area contributed by atoms with Gasteiger partial charge in [-0.05, 0) is 38.4 Å². The number of hydrogen-bond acceptors (Lipinski definition) is 2. The van der Waals surface area contributed by atoms with Gasteiger partial charge < -0.3 is 10.6 Å². The number of benzene rings is 1. The van der Waals surface area contributed by atoms with Gasteiger partial charge in [-0.3, -0.25) is 0 Å². The van der Waals surface area contributed by atoms with Gasteiger partial charge in [-0.15, -0.1) is 0 Å². The van der Waals surface area contributed by atoms with E-state index in [4.69, 9.17) is 5.73 Å². The molecule has 0 bridgehead atoms. The molecule has 17 heavy (non-hydrogen) atoms. The van der Waals surface area contributed by atoms with Crippen LogP contribution in [0.5, 0.6) is 0 Å². The molecule has 1 aromatic rings. The Balaban J connectivity index is 2.40. The summed E-state index contributed by atoms with van der Waals surface area (Å²) in [5.74, 6) is 0. The normalized spacial score (nSPS) is 13.3. The van der Waals surface area contributed by atoms with Crippen LogP contribution in [0.4, 0.5) is 0 Å². The van der Waals surface area contributed by atoms with Gasteiger partial charge in [0.2, 0.25) is 0 Å². The second-order valence-electron chi connectivity index (χ2n) is 4.76. The molecule has 2 N–H and O–H groups in total. The molecule has 1 aromatic carbocycles. The highest BCUT2D eigenvalue weighted by Crippen LogP contribution is 2.15. The Bertz CT molecular complexity index is 293. The zero-order valence-electron chi connectivity index (χ0n) is 11.4. The Labute approximate surface area is 106 Å². The molecule has 1 unspecified atom stereocenters. The SMILES string of the molecule is CCC(CC)N(C)CCC(N)c1ccccc1. The molecule has 0 saturated heterocycles. The molecule has 0 saturated carbocycles. The minimum Gasteiger partial charge on any atom is -0.324 e. The number of nitrogens with zero attached hydrogens (tertiary/aromatic N) is 1. The van der Waals surface area contributed by atoms with Crippen molar-refractivity contribution in [2.45, 2.75) is 45.2 Å². The van der Waals surface area contributed by atoms with E-state index in [1.807, 2.05) is 6.07 Å². The van der Waals surface area contributed by atoms with Crippen molar-refractivity contribution in [3.63, 3.8) is 0 Å². The van der Waals surface area contributed by atoms with Gasteiger partial charge in [0.15, 0.2) is 0 Å². The summed E-state index contributed by atoms with van der Waals surface area (Å²) in [6.45, 7) is 5.58. The van der Waals surface area contributed by atoms with E-state index in [2.05, 4.69) is 50.1 Å². The number of hydrogen-bond donors (Lipinski definition) is 1. The van der Waals surface area contributed by atoms with Gasteiger partial charge in [-0.2, -0.15) is 0 Å². The lowest BCUT2D eigenvalue weighted by atomic mass is 10.0. The van der Waals surface area contributed by atoms with Crippen molar-refractivity contribution in [2.24, 2.45) is 5.73 Å². The van der Waals surface area contributed by atoms with Crippen molar-refractivity contribution in [3.05, 3.63) is 35.9 Å². The lowest BCUT2D eigenvalue weighted by Crippen LogP contribution is -2.33. The van der Waals surface area contributed by atoms with Crippen LogP contribution in [0.3, 0.4) is 0 Å². The van der Waals surface area contributed by atoms with Crippen LogP contribution in [0.1, 0.15) is 44.7 Å². The summed E-state index contributed by atoms with van der Waals surface area (Å²) in [7, 11) is 2.20. The molecule has 0 aliphatic heterocycles. The van der Waals surface area contributed by atoms with Crippen LogP contribution in [-0.2, 0) is 0 Å². The van der Waals surface area contributed by atoms with Gasteiger partial charge in [0.05, 0.1) is 0 Å². The highest BCUT2D eigenvalue weighted by atomic mass is 15.1. The summed E-state index contributed by atoms with van der Waals surface area (Å²) in [5.41, 5.74) is 7.44. The number of rotatable bonds is 7. The van der Waals surface area contributed by atoms with E-state index >= 15 is 0 Å². The van der Waals surface area contributed by atoms with Crippen LogP contribution < -0.4 is 5.73 Å². The van der Waals surface area contributed by atoms with Crippen molar-refractivity contribution in [1.82, 2.24) is 4.90 Å². The topological polar surface area (TPSA) is 29.3 Å². The first-order chi connectivity index (χ1) is 8.19. The molecular formula is C15H26N2. The van der Waals surface area contributed by atoms with Gasteiger partial charge in [0, 0.05) is 12.1 Å². The van der Waals surface area contributed by atoms with E-state index in [1.54, 1.807) is 0 Å². The fraction of sp³-hybridized carbons (Fsp3) is 0.600. The van der Waals surface area contributed by atoms with Gasteiger partial charge in [0.1, 0.15) is 0 Å². The highest BCUT2D eigenvalue weighted by molar-refractivity contribution is 5.18. The van der Waals surface area contributed by atoms with Crippen molar-refractivity contribution < 1.29 is 0 Å². The molecule has 2 heteroatoms. The minimum atomic E-state index is 0.160. The number of nitrogens with two attached hydrogens (primary N) is 1. The summed E-state index contributed by atoms with van der Waals surface area (Å²) >= 11 is 0. The van der Waals surface area contributed by atoms with Crippen molar-refractivity contribution in [3.8, 4) is 0 Å². The Morgan fingerprint density at radius 2 is 1.71 bits per heavy atom. The van der Waals surface area contributed by atoms with Gasteiger partial charge >= 0.3 is 0 Å². The summed E-state index contributed by atoms with van der Waals surface area (Å²) in [6, 6.07) is 11.2. The van der Waals surface area contributed by atoms with E-state index in [-0.39, 0.29) is 6.04 Å². The lowest BCUT2D eigenvalue weighted by molar-refractivity contribution is 0.222. The molecule has 2 nitrogen and oxygen atoms in total. The summed E-state index contributed by atoms with van der Waals surface area (Å²) < 4.78 is 0. The Kier molecular flexibility index (Phi) is 6.23. The van der Waals surface area contributed by atoms with Crippen LogP contribution in [0.25, 0.3) is 0 Å². The van der Waals surface area contributed by atoms with E-state index in [9.17, 15) is 0 Å². The molecular weight excluding hydrogens is 208 g/mol. The fourth-order valence-electron chi connectivity index (χ4n) is 2.30. The van der Waals surface area contributed by atoms with E-state index in [0.29, 0.717) is 6.04 Å². The zero-order valence-corrected chi connectivity index (χ0v) is 11.4. The third-order valence-electron chi connectivity index (χ3n) is 3.59. The maximum atomic E-state index is 6.20. The molecule has 0 amide bonds. The second kappa shape index (κ2) is 7.46. The van der Waals surface area contributed by atoms with Crippen molar-refractivity contribution in [1.29, 1.82) is 0 Å². The molecule has 0 aromatic heterocycles. The summed E-state index contributed by atoms with van der Waals surface area (Å²) in [4.78, 5) is 2.43. The first kappa shape index (κ1) is 14.2. The fourth-order valence-corrected chi connectivity index (χ4v) is 2.30. The zero-order chi connectivity index (χ0) is 12.7. The molecule has 0 spiro atoms. The molecule has 0 heterocycles. The first-order valence-electron chi connectivity index (χ1n) is 6.69. The first-order valence-corrected chi connectivity index (χ1v) is 6.69. The largest absolute Gasteiger partial charge is 0.324 e. The molecule has 96 valence electrons. The maximum Gasteiger partial charge on any atom is 0.0307 e. The highest BCUT2D eigenvalue weighted by Gasteiger charge is 2.12. The van der Waals surface area contributed by atoms with E-state index in [0.717, 1.165) is 13.0 Å². The van der Waals surface area contributed by atoms with Gasteiger partial charge in [0.25, 0.3) is 0 Å². The Morgan fingerprint density at radius 1 is 1.12 bits per heavy atom. The maximum absolute atomic E-state index is 6.20. The van der Waals surface area contributed by atoms with Crippen LogP contribution in [0.15, 0.2) is 30.3 Å². The predicted molar refractivity (Wildman–Crippen MR) is 75.0 cm³/mol. The average Bonchev–Trinajstić information content (AvgIpc) is 2.38. The Morgan fingerprint density at radius 3 is 2.24 bits per heavy atom. The standard InChI is InChI=1S/C15H26N2/c1-4-14(5-2)17(3)12-11-15(16)13-9-7-6-8-10-13/h6-10,14-15H,4-5,11-12,16H2,1-3H3. The lowest BCUT2D eigenvalue weighted by Gasteiger charge is -2.27. The third-order valence-corrected chi connectivity index (χ3v) is 3.59. The molecule has 0 fully saturated rings. The quantitative estimate of drug-likeness (QED) is 0.785. The smallest absolute Gasteiger partial charge is 0.0307 e. The van der Waals surface area contributed by atoms with Crippen LogP contribution in [0, 0.1) is 0 Å². The molecule has 1 rings (SSSR count). The molecule has 0 aliphatic rings. The van der Waals surface area contributed by atoms with Gasteiger partial charge in [-0.25, -0.2) is 0 Å². The monoisotopic (exact) mass is 234 g/mol. The van der Waals surface area contributed by atoms with Crippen LogP contribution >= 0.6 is 0 Å². The van der Waals surface area contributed by atoms with Crippen LogP contribution in [-0.4, -0.2) is 24.5 Å². The minimum absolute atomic E-state index is 0.160. The second-order valence-corrected chi connectivity index (χ2v) is 4.76. The van der Waals surface area contributed by atoms with Crippen molar-refractivity contribution >= 4 is 0 Å². The summed E-state index contributed by atoms with van der Waals surface area (Å²) in [5, 5.41) is 0.